The molecule has 0 fully saturated rings. The highest BCUT2D eigenvalue weighted by Gasteiger charge is 2.15. The molecular formula is C17H22N4O4. The maximum absolute atomic E-state index is 12.5. The number of rotatable bonds is 8. The van der Waals surface area contributed by atoms with Crippen molar-refractivity contribution < 1.29 is 19.4 Å². The number of carbonyl (C=O) groups excluding carboxylic acids is 1. The van der Waals surface area contributed by atoms with Gasteiger partial charge in [-0.2, -0.15) is 5.10 Å². The van der Waals surface area contributed by atoms with Crippen LogP contribution < -0.4 is 5.32 Å². The number of urea groups is 1. The number of carboxylic acid groups (broad SMARTS) is 1. The van der Waals surface area contributed by atoms with Crippen LogP contribution in [0.3, 0.4) is 0 Å². The van der Waals surface area contributed by atoms with Crippen LogP contribution in [0.25, 0.3) is 0 Å². The van der Waals surface area contributed by atoms with Gasteiger partial charge in [0.1, 0.15) is 0 Å². The van der Waals surface area contributed by atoms with Crippen LogP contribution in [0, 0.1) is 0 Å². The Morgan fingerprint density at radius 2 is 2.00 bits per heavy atom. The van der Waals surface area contributed by atoms with Crippen molar-refractivity contribution in [3.8, 4) is 0 Å². The molecule has 0 atom stereocenters. The second-order valence-electron chi connectivity index (χ2n) is 5.52. The molecule has 134 valence electrons. The Labute approximate surface area is 146 Å². The minimum absolute atomic E-state index is 0.216. The molecule has 1 aromatic carbocycles. The molecule has 0 bridgehead atoms. The summed E-state index contributed by atoms with van der Waals surface area (Å²) in [6.07, 6.45) is 1.69. The Bertz CT molecular complexity index is 712. The van der Waals surface area contributed by atoms with Crippen LogP contribution in [0.5, 0.6) is 0 Å². The predicted octanol–water partition coefficient (Wildman–Crippen LogP) is 1.48. The van der Waals surface area contributed by atoms with Gasteiger partial charge < -0.3 is 20.1 Å². The molecule has 0 aliphatic rings. The fraction of sp³-hybridized carbons (Fsp3) is 0.353. The molecule has 1 aromatic heterocycles. The molecule has 25 heavy (non-hydrogen) atoms. The molecule has 0 aliphatic carbocycles. The largest absolute Gasteiger partial charge is 0.478 e. The Morgan fingerprint density at radius 1 is 1.28 bits per heavy atom. The van der Waals surface area contributed by atoms with Gasteiger partial charge in [0, 0.05) is 33.4 Å². The van der Waals surface area contributed by atoms with Gasteiger partial charge in [-0.3, -0.25) is 4.68 Å². The summed E-state index contributed by atoms with van der Waals surface area (Å²) < 4.78 is 6.79. The average molecular weight is 346 g/mol. The highest BCUT2D eigenvalue weighted by molar-refractivity contribution is 5.87. The van der Waals surface area contributed by atoms with E-state index < -0.39 is 5.97 Å². The molecule has 0 radical (unpaired) electrons. The number of carbonyl (C=O) groups is 2. The van der Waals surface area contributed by atoms with Crippen molar-refractivity contribution in [1.29, 1.82) is 0 Å². The van der Waals surface area contributed by atoms with Crippen molar-refractivity contribution in [1.82, 2.24) is 20.0 Å². The minimum Gasteiger partial charge on any atom is -0.478 e. The van der Waals surface area contributed by atoms with Crippen molar-refractivity contribution in [2.75, 3.05) is 20.3 Å². The number of aryl methyl sites for hydroxylation is 1. The zero-order valence-electron chi connectivity index (χ0n) is 14.3. The van der Waals surface area contributed by atoms with Crippen molar-refractivity contribution in [2.24, 2.45) is 7.05 Å². The fourth-order valence-corrected chi connectivity index (χ4v) is 2.26. The number of amides is 2. The first-order chi connectivity index (χ1) is 12.0. The molecule has 0 unspecified atom stereocenters. The number of ether oxygens (including phenoxy) is 1. The van der Waals surface area contributed by atoms with Crippen LogP contribution in [0.15, 0.2) is 36.5 Å². The Morgan fingerprint density at radius 3 is 2.56 bits per heavy atom. The van der Waals surface area contributed by atoms with E-state index >= 15 is 0 Å². The molecule has 0 spiro atoms. The monoisotopic (exact) mass is 346 g/mol. The lowest BCUT2D eigenvalue weighted by Gasteiger charge is -2.23. The zero-order valence-corrected chi connectivity index (χ0v) is 14.3. The molecule has 0 saturated carbocycles. The van der Waals surface area contributed by atoms with E-state index in [0.717, 1.165) is 11.3 Å². The molecular weight excluding hydrogens is 324 g/mol. The molecule has 0 aliphatic heterocycles. The Balaban J connectivity index is 1.96. The zero-order chi connectivity index (χ0) is 18.2. The van der Waals surface area contributed by atoms with Crippen molar-refractivity contribution in [3.05, 3.63) is 53.3 Å². The smallest absolute Gasteiger partial charge is 0.335 e. The lowest BCUT2D eigenvalue weighted by Crippen LogP contribution is -2.41. The number of carboxylic acids is 1. The summed E-state index contributed by atoms with van der Waals surface area (Å²) in [4.78, 5) is 25.0. The van der Waals surface area contributed by atoms with Gasteiger partial charge in [-0.1, -0.05) is 12.1 Å². The summed E-state index contributed by atoms with van der Waals surface area (Å²) in [6, 6.07) is 8.04. The lowest BCUT2D eigenvalue weighted by atomic mass is 10.1. The summed E-state index contributed by atoms with van der Waals surface area (Å²) in [5.41, 5.74) is 1.95. The number of nitrogens with one attached hydrogen (secondary N) is 1. The first-order valence-electron chi connectivity index (χ1n) is 7.82. The summed E-state index contributed by atoms with van der Waals surface area (Å²) in [5.74, 6) is -0.975. The number of aromatic nitrogens is 2. The third kappa shape index (κ3) is 5.32. The van der Waals surface area contributed by atoms with Crippen LogP contribution in [0.2, 0.25) is 0 Å². The standard InChI is InChI=1S/C17H22N4O4/c1-20-15(7-8-19-20)12-21(9-10-25-2)17(24)18-11-13-3-5-14(6-4-13)16(22)23/h3-8H,9-12H2,1-2H3,(H,18,24)(H,22,23). The molecule has 8 heteroatoms. The fourth-order valence-electron chi connectivity index (χ4n) is 2.26. The van der Waals surface area contributed by atoms with Crippen molar-refractivity contribution >= 4 is 12.0 Å². The molecule has 2 rings (SSSR count). The summed E-state index contributed by atoms with van der Waals surface area (Å²) in [5, 5.41) is 15.8. The van der Waals surface area contributed by atoms with Crippen LogP contribution in [-0.2, 0) is 24.9 Å². The minimum atomic E-state index is -0.975. The maximum atomic E-state index is 12.5. The summed E-state index contributed by atoms with van der Waals surface area (Å²) >= 11 is 0. The third-order valence-electron chi connectivity index (χ3n) is 3.77. The topological polar surface area (TPSA) is 96.7 Å². The Hall–Kier alpha value is -2.87. The van der Waals surface area contributed by atoms with Crippen LogP contribution in [0.1, 0.15) is 21.6 Å². The molecule has 2 amide bonds. The highest BCUT2D eigenvalue weighted by Crippen LogP contribution is 2.06. The second kappa shape index (κ2) is 8.84. The van der Waals surface area contributed by atoms with E-state index in [1.54, 1.807) is 35.0 Å². The van der Waals surface area contributed by atoms with Crippen LogP contribution >= 0.6 is 0 Å². The van der Waals surface area contributed by atoms with E-state index in [-0.39, 0.29) is 11.6 Å². The number of methoxy groups -OCH3 is 1. The SMILES string of the molecule is COCCN(Cc1ccnn1C)C(=O)NCc1ccc(C(=O)O)cc1. The summed E-state index contributed by atoms with van der Waals surface area (Å²) in [6.45, 7) is 1.61. The lowest BCUT2D eigenvalue weighted by molar-refractivity contribution is 0.0697. The molecule has 1 heterocycles. The normalized spacial score (nSPS) is 10.5. The van der Waals surface area contributed by atoms with Crippen LogP contribution in [-0.4, -0.2) is 52.0 Å². The van der Waals surface area contributed by atoms with Gasteiger partial charge in [0.05, 0.1) is 24.4 Å². The number of nitrogens with zero attached hydrogens (tertiary/aromatic N) is 3. The van der Waals surface area contributed by atoms with Gasteiger partial charge in [-0.05, 0) is 23.8 Å². The van der Waals surface area contributed by atoms with E-state index in [1.165, 1.54) is 12.1 Å². The number of hydrogen-bond donors (Lipinski definition) is 2. The Kier molecular flexibility index (Phi) is 6.53. The predicted molar refractivity (Wildman–Crippen MR) is 91.1 cm³/mol. The van der Waals surface area contributed by atoms with Gasteiger partial charge >= 0.3 is 12.0 Å². The van der Waals surface area contributed by atoms with Gasteiger partial charge in [0.2, 0.25) is 0 Å². The third-order valence-corrected chi connectivity index (χ3v) is 3.77. The number of aromatic carboxylic acids is 1. The van der Waals surface area contributed by atoms with E-state index in [9.17, 15) is 9.59 Å². The van der Waals surface area contributed by atoms with Crippen molar-refractivity contribution in [2.45, 2.75) is 13.1 Å². The highest BCUT2D eigenvalue weighted by atomic mass is 16.5. The molecule has 8 nitrogen and oxygen atoms in total. The quantitative estimate of drug-likeness (QED) is 0.755. The maximum Gasteiger partial charge on any atom is 0.335 e. The number of benzene rings is 1. The molecule has 2 aromatic rings. The van der Waals surface area contributed by atoms with E-state index in [2.05, 4.69) is 10.4 Å². The molecule has 2 N–H and O–H groups in total. The van der Waals surface area contributed by atoms with Gasteiger partial charge in [0.25, 0.3) is 0 Å². The summed E-state index contributed by atoms with van der Waals surface area (Å²) in [7, 11) is 3.41. The van der Waals surface area contributed by atoms with Crippen LogP contribution in [0.4, 0.5) is 4.79 Å². The van der Waals surface area contributed by atoms with Gasteiger partial charge in [-0.15, -0.1) is 0 Å². The number of hydrogen-bond acceptors (Lipinski definition) is 4. The van der Waals surface area contributed by atoms with E-state index in [0.29, 0.717) is 26.2 Å². The first-order valence-corrected chi connectivity index (χ1v) is 7.82. The van der Waals surface area contributed by atoms with E-state index in [4.69, 9.17) is 9.84 Å². The van der Waals surface area contributed by atoms with Gasteiger partial charge in [0.15, 0.2) is 0 Å². The van der Waals surface area contributed by atoms with Gasteiger partial charge in [-0.25, -0.2) is 9.59 Å². The average Bonchev–Trinajstić information content (AvgIpc) is 3.01. The van der Waals surface area contributed by atoms with Crippen molar-refractivity contribution in [3.63, 3.8) is 0 Å². The van der Waals surface area contributed by atoms with E-state index in [1.807, 2.05) is 13.1 Å². The second-order valence-corrected chi connectivity index (χ2v) is 5.52. The molecule has 0 saturated heterocycles. The first kappa shape index (κ1) is 18.5.